The van der Waals surface area contributed by atoms with Crippen LogP contribution in [0.4, 0.5) is 0 Å². The lowest BCUT2D eigenvalue weighted by Gasteiger charge is -2.01. The Bertz CT molecular complexity index is 552. The van der Waals surface area contributed by atoms with Crippen molar-refractivity contribution in [3.63, 3.8) is 0 Å². The van der Waals surface area contributed by atoms with Crippen molar-refractivity contribution in [3.8, 4) is 0 Å². The molecular formula is C14H15BrN2S2. The summed E-state index contributed by atoms with van der Waals surface area (Å²) in [7, 11) is 0. The van der Waals surface area contributed by atoms with Crippen LogP contribution in [0.1, 0.15) is 23.5 Å². The number of nitrogens with zero attached hydrogens (tertiary/aromatic N) is 1. The molecule has 5 heteroatoms. The van der Waals surface area contributed by atoms with Gasteiger partial charge in [-0.15, -0.1) is 23.1 Å². The van der Waals surface area contributed by atoms with Crippen molar-refractivity contribution < 1.29 is 0 Å². The largest absolute Gasteiger partial charge is 0.308 e. The molecule has 19 heavy (non-hydrogen) atoms. The van der Waals surface area contributed by atoms with Crippen molar-refractivity contribution >= 4 is 39.0 Å². The van der Waals surface area contributed by atoms with Gasteiger partial charge in [-0.05, 0) is 40.9 Å². The average molecular weight is 355 g/mol. The van der Waals surface area contributed by atoms with Crippen molar-refractivity contribution in [1.29, 1.82) is 0 Å². The molecule has 0 atom stereocenters. The van der Waals surface area contributed by atoms with Gasteiger partial charge in [0.25, 0.3) is 0 Å². The lowest BCUT2D eigenvalue weighted by molar-refractivity contribution is 0.676. The Hall–Kier alpha value is -0.360. The van der Waals surface area contributed by atoms with Crippen molar-refractivity contribution in [1.82, 2.24) is 10.3 Å². The molecule has 1 aliphatic carbocycles. The van der Waals surface area contributed by atoms with Gasteiger partial charge in [0.2, 0.25) is 0 Å². The predicted molar refractivity (Wildman–Crippen MR) is 85.7 cm³/mol. The number of thioether (sulfide) groups is 1. The Morgan fingerprint density at radius 2 is 2.21 bits per heavy atom. The first-order chi connectivity index (χ1) is 9.31. The fourth-order valence-electron chi connectivity index (χ4n) is 1.73. The lowest BCUT2D eigenvalue weighted by atomic mass is 10.4. The molecule has 0 bridgehead atoms. The summed E-state index contributed by atoms with van der Waals surface area (Å²) >= 11 is 7.17. The molecule has 1 saturated carbocycles. The molecule has 2 aromatic rings. The molecule has 0 spiro atoms. The maximum atomic E-state index is 4.67. The zero-order valence-electron chi connectivity index (χ0n) is 10.4. The smallest absolute Gasteiger partial charge is 0.103 e. The number of thiazole rings is 1. The molecule has 0 unspecified atom stereocenters. The number of hydrogen-bond acceptors (Lipinski definition) is 4. The summed E-state index contributed by atoms with van der Waals surface area (Å²) in [6, 6.07) is 9.08. The first-order valence-corrected chi connectivity index (χ1v) is 9.01. The summed E-state index contributed by atoms with van der Waals surface area (Å²) in [6.45, 7) is 0.918. The molecule has 0 saturated heterocycles. The van der Waals surface area contributed by atoms with Gasteiger partial charge in [-0.1, -0.05) is 12.1 Å². The van der Waals surface area contributed by atoms with Crippen LogP contribution < -0.4 is 5.32 Å². The van der Waals surface area contributed by atoms with E-state index >= 15 is 0 Å². The summed E-state index contributed by atoms with van der Waals surface area (Å²) in [5.74, 6) is 0.941. The fourth-order valence-corrected chi connectivity index (χ4v) is 4.11. The summed E-state index contributed by atoms with van der Waals surface area (Å²) in [5.41, 5.74) is 1.18. The molecule has 100 valence electrons. The second kappa shape index (κ2) is 6.39. The van der Waals surface area contributed by atoms with Crippen LogP contribution in [0.15, 0.2) is 39.0 Å². The molecule has 0 amide bonds. The standard InChI is InChI=1S/C14H15BrN2S2/c15-12-3-1-2-4-13(12)18-9-14-17-11(8-19-14)7-16-10-5-6-10/h1-4,8,10,16H,5-7,9H2. The quantitative estimate of drug-likeness (QED) is 0.775. The van der Waals surface area contributed by atoms with Crippen LogP contribution in [0, 0.1) is 0 Å². The van der Waals surface area contributed by atoms with Crippen LogP contribution in [0.3, 0.4) is 0 Å². The van der Waals surface area contributed by atoms with E-state index in [1.807, 2.05) is 17.8 Å². The summed E-state index contributed by atoms with van der Waals surface area (Å²) < 4.78 is 1.16. The zero-order chi connectivity index (χ0) is 13.1. The van der Waals surface area contributed by atoms with Gasteiger partial charge in [0.15, 0.2) is 0 Å². The van der Waals surface area contributed by atoms with E-state index in [1.165, 1.54) is 28.4 Å². The Morgan fingerprint density at radius 3 is 3.00 bits per heavy atom. The molecule has 1 heterocycles. The second-order valence-electron chi connectivity index (χ2n) is 4.61. The molecule has 1 N–H and O–H groups in total. The normalized spacial score (nSPS) is 14.8. The van der Waals surface area contributed by atoms with Crippen LogP contribution in [-0.2, 0) is 12.3 Å². The van der Waals surface area contributed by atoms with Gasteiger partial charge in [0, 0.05) is 27.3 Å². The number of nitrogens with one attached hydrogen (secondary N) is 1. The Labute approximate surface area is 130 Å². The van der Waals surface area contributed by atoms with E-state index in [-0.39, 0.29) is 0 Å². The van der Waals surface area contributed by atoms with Crippen LogP contribution in [-0.4, -0.2) is 11.0 Å². The molecule has 1 aliphatic rings. The SMILES string of the molecule is Brc1ccccc1SCc1nc(CNC2CC2)cs1. The Balaban J connectivity index is 1.53. The summed E-state index contributed by atoms with van der Waals surface area (Å²) in [4.78, 5) is 5.95. The maximum absolute atomic E-state index is 4.67. The molecule has 2 nitrogen and oxygen atoms in total. The number of benzene rings is 1. The van der Waals surface area contributed by atoms with Gasteiger partial charge < -0.3 is 5.32 Å². The highest BCUT2D eigenvalue weighted by Crippen LogP contribution is 2.30. The Kier molecular flexibility index (Phi) is 4.58. The van der Waals surface area contributed by atoms with E-state index in [9.17, 15) is 0 Å². The van der Waals surface area contributed by atoms with Crippen LogP contribution in [0.25, 0.3) is 0 Å². The number of halogens is 1. The molecule has 0 aliphatic heterocycles. The molecular weight excluding hydrogens is 340 g/mol. The third kappa shape index (κ3) is 4.05. The topological polar surface area (TPSA) is 24.9 Å². The first kappa shape index (κ1) is 13.6. The van der Waals surface area contributed by atoms with E-state index in [0.717, 1.165) is 22.8 Å². The van der Waals surface area contributed by atoms with Gasteiger partial charge in [-0.3, -0.25) is 0 Å². The second-order valence-corrected chi connectivity index (χ2v) is 7.42. The van der Waals surface area contributed by atoms with E-state index in [4.69, 9.17) is 0 Å². The van der Waals surface area contributed by atoms with Crippen molar-refractivity contribution in [3.05, 3.63) is 44.8 Å². The lowest BCUT2D eigenvalue weighted by Crippen LogP contribution is -2.15. The fraction of sp³-hybridized carbons (Fsp3) is 0.357. The molecule has 1 fully saturated rings. The van der Waals surface area contributed by atoms with Gasteiger partial charge in [-0.2, -0.15) is 0 Å². The minimum atomic E-state index is 0.750. The number of rotatable bonds is 6. The number of aromatic nitrogens is 1. The van der Waals surface area contributed by atoms with Crippen LogP contribution >= 0.6 is 39.0 Å². The highest BCUT2D eigenvalue weighted by Gasteiger charge is 2.20. The molecule has 3 rings (SSSR count). The minimum Gasteiger partial charge on any atom is -0.308 e. The zero-order valence-corrected chi connectivity index (χ0v) is 13.7. The summed E-state index contributed by atoms with van der Waals surface area (Å²) in [6.07, 6.45) is 2.66. The minimum absolute atomic E-state index is 0.750. The van der Waals surface area contributed by atoms with Crippen molar-refractivity contribution in [2.75, 3.05) is 0 Å². The van der Waals surface area contributed by atoms with E-state index in [1.54, 1.807) is 11.3 Å². The highest BCUT2D eigenvalue weighted by molar-refractivity contribution is 9.10. The maximum Gasteiger partial charge on any atom is 0.103 e. The summed E-state index contributed by atoms with van der Waals surface area (Å²) in [5, 5.41) is 6.87. The monoisotopic (exact) mass is 354 g/mol. The molecule has 1 aromatic heterocycles. The molecule has 0 radical (unpaired) electrons. The van der Waals surface area contributed by atoms with E-state index in [0.29, 0.717) is 0 Å². The first-order valence-electron chi connectivity index (χ1n) is 6.35. The van der Waals surface area contributed by atoms with Crippen LogP contribution in [0.2, 0.25) is 0 Å². The van der Waals surface area contributed by atoms with Gasteiger partial charge in [0.1, 0.15) is 5.01 Å². The van der Waals surface area contributed by atoms with Gasteiger partial charge in [-0.25, -0.2) is 4.98 Å². The van der Waals surface area contributed by atoms with Crippen molar-refractivity contribution in [2.24, 2.45) is 0 Å². The predicted octanol–water partition coefficient (Wildman–Crippen LogP) is 4.45. The third-order valence-corrected chi connectivity index (χ3v) is 6.06. The van der Waals surface area contributed by atoms with E-state index in [2.05, 4.69) is 49.8 Å². The third-order valence-electron chi connectivity index (χ3n) is 2.94. The van der Waals surface area contributed by atoms with Gasteiger partial charge in [0.05, 0.1) is 11.4 Å². The Morgan fingerprint density at radius 1 is 1.37 bits per heavy atom. The highest BCUT2D eigenvalue weighted by atomic mass is 79.9. The van der Waals surface area contributed by atoms with Crippen LogP contribution in [0.5, 0.6) is 0 Å². The number of hydrogen-bond donors (Lipinski definition) is 1. The molecule has 1 aromatic carbocycles. The van der Waals surface area contributed by atoms with Gasteiger partial charge >= 0.3 is 0 Å². The average Bonchev–Trinajstić information content (AvgIpc) is 3.14. The van der Waals surface area contributed by atoms with E-state index < -0.39 is 0 Å². The van der Waals surface area contributed by atoms with Crippen molar-refractivity contribution in [2.45, 2.75) is 36.1 Å².